The Morgan fingerprint density at radius 3 is 2.16 bits per heavy atom. The van der Waals surface area contributed by atoms with Crippen molar-refractivity contribution >= 4 is 10.0 Å². The van der Waals surface area contributed by atoms with Crippen LogP contribution in [0.3, 0.4) is 0 Å². The molecule has 1 N–H and O–H groups in total. The van der Waals surface area contributed by atoms with Crippen LogP contribution in [-0.2, 0) is 10.0 Å². The SMILES string of the molecule is O=S(=O)(C1CCCC1)N1CCC(C2CCCN2)CC1. The van der Waals surface area contributed by atoms with E-state index in [0.29, 0.717) is 12.0 Å². The lowest BCUT2D eigenvalue weighted by molar-refractivity contribution is 0.232. The molecule has 19 heavy (non-hydrogen) atoms. The number of nitrogens with one attached hydrogen (secondary N) is 1. The normalized spacial score (nSPS) is 32.1. The number of rotatable bonds is 3. The first kappa shape index (κ1) is 13.8. The molecule has 2 aliphatic heterocycles. The van der Waals surface area contributed by atoms with Crippen LogP contribution in [0.15, 0.2) is 0 Å². The Morgan fingerprint density at radius 1 is 0.895 bits per heavy atom. The maximum atomic E-state index is 12.5. The summed E-state index contributed by atoms with van der Waals surface area (Å²) in [7, 11) is -3.00. The van der Waals surface area contributed by atoms with E-state index in [1.165, 1.54) is 12.8 Å². The van der Waals surface area contributed by atoms with E-state index >= 15 is 0 Å². The lowest BCUT2D eigenvalue weighted by Gasteiger charge is -2.35. The van der Waals surface area contributed by atoms with Gasteiger partial charge in [-0.3, -0.25) is 0 Å². The second kappa shape index (κ2) is 5.70. The molecule has 0 aromatic heterocycles. The molecule has 1 unspecified atom stereocenters. The molecule has 1 aliphatic carbocycles. The number of piperidine rings is 1. The summed E-state index contributed by atoms with van der Waals surface area (Å²) in [5.41, 5.74) is 0. The van der Waals surface area contributed by atoms with Crippen LogP contribution in [0.2, 0.25) is 0 Å². The zero-order valence-electron chi connectivity index (χ0n) is 11.7. The van der Waals surface area contributed by atoms with Crippen LogP contribution in [0.4, 0.5) is 0 Å². The van der Waals surface area contributed by atoms with Crippen LogP contribution in [0.5, 0.6) is 0 Å². The van der Waals surface area contributed by atoms with Crippen molar-refractivity contribution in [3.05, 3.63) is 0 Å². The van der Waals surface area contributed by atoms with Crippen LogP contribution in [-0.4, -0.2) is 43.6 Å². The molecule has 0 amide bonds. The van der Waals surface area contributed by atoms with Crippen molar-refractivity contribution in [2.24, 2.45) is 5.92 Å². The molecule has 1 atom stereocenters. The van der Waals surface area contributed by atoms with Gasteiger partial charge in [0.05, 0.1) is 5.25 Å². The van der Waals surface area contributed by atoms with Crippen molar-refractivity contribution < 1.29 is 8.42 Å². The molecule has 0 bridgehead atoms. The van der Waals surface area contributed by atoms with Gasteiger partial charge in [0.2, 0.25) is 10.0 Å². The summed E-state index contributed by atoms with van der Waals surface area (Å²) in [6, 6.07) is 0.649. The second-order valence-electron chi connectivity index (χ2n) is 6.39. The van der Waals surface area contributed by atoms with E-state index in [0.717, 1.165) is 58.2 Å². The van der Waals surface area contributed by atoms with Gasteiger partial charge in [0.25, 0.3) is 0 Å². The summed E-state index contributed by atoms with van der Waals surface area (Å²) >= 11 is 0. The van der Waals surface area contributed by atoms with E-state index in [4.69, 9.17) is 0 Å². The average Bonchev–Trinajstić information content (AvgIpc) is 3.12. The summed E-state index contributed by atoms with van der Waals surface area (Å²) in [5.74, 6) is 0.692. The number of hydrogen-bond donors (Lipinski definition) is 1. The average molecular weight is 286 g/mol. The summed E-state index contributed by atoms with van der Waals surface area (Å²) in [6.45, 7) is 2.65. The fraction of sp³-hybridized carbons (Fsp3) is 1.00. The Bertz CT molecular complexity index is 390. The van der Waals surface area contributed by atoms with Crippen molar-refractivity contribution in [2.75, 3.05) is 19.6 Å². The monoisotopic (exact) mass is 286 g/mol. The van der Waals surface area contributed by atoms with E-state index in [9.17, 15) is 8.42 Å². The van der Waals surface area contributed by atoms with Gasteiger partial charge in [0.15, 0.2) is 0 Å². The largest absolute Gasteiger partial charge is 0.314 e. The third kappa shape index (κ3) is 2.83. The van der Waals surface area contributed by atoms with Crippen LogP contribution in [0, 0.1) is 5.92 Å². The van der Waals surface area contributed by atoms with Gasteiger partial charge in [-0.15, -0.1) is 0 Å². The van der Waals surface area contributed by atoms with Crippen molar-refractivity contribution in [3.63, 3.8) is 0 Å². The molecule has 5 heteroatoms. The molecular formula is C14H26N2O2S. The highest BCUT2D eigenvalue weighted by Crippen LogP contribution is 2.31. The molecule has 3 rings (SSSR count). The highest BCUT2D eigenvalue weighted by Gasteiger charge is 2.37. The molecule has 0 aromatic carbocycles. The van der Waals surface area contributed by atoms with E-state index in [2.05, 4.69) is 5.32 Å². The summed E-state index contributed by atoms with van der Waals surface area (Å²) in [6.07, 6.45) is 8.59. The highest BCUT2D eigenvalue weighted by atomic mass is 32.2. The van der Waals surface area contributed by atoms with E-state index in [1.54, 1.807) is 4.31 Å². The first-order valence-electron chi connectivity index (χ1n) is 7.90. The number of hydrogen-bond acceptors (Lipinski definition) is 3. The molecule has 0 spiro atoms. The molecule has 3 aliphatic rings. The summed E-state index contributed by atoms with van der Waals surface area (Å²) in [4.78, 5) is 0. The van der Waals surface area contributed by atoms with Gasteiger partial charge in [0, 0.05) is 19.1 Å². The Labute approximate surface area is 117 Å². The van der Waals surface area contributed by atoms with Gasteiger partial charge in [-0.25, -0.2) is 12.7 Å². The molecule has 1 saturated carbocycles. The highest BCUT2D eigenvalue weighted by molar-refractivity contribution is 7.89. The van der Waals surface area contributed by atoms with Gasteiger partial charge >= 0.3 is 0 Å². The van der Waals surface area contributed by atoms with Gasteiger partial charge < -0.3 is 5.32 Å². The number of nitrogens with zero attached hydrogens (tertiary/aromatic N) is 1. The Kier molecular flexibility index (Phi) is 4.15. The van der Waals surface area contributed by atoms with Gasteiger partial charge in [-0.05, 0) is 51.0 Å². The standard InChI is InChI=1S/C14H26N2O2S/c17-19(18,13-4-1-2-5-13)16-10-7-12(8-11-16)14-6-3-9-15-14/h12-15H,1-11H2. The smallest absolute Gasteiger partial charge is 0.216 e. The van der Waals surface area contributed by atoms with Crippen molar-refractivity contribution in [3.8, 4) is 0 Å². The van der Waals surface area contributed by atoms with Crippen LogP contribution in [0.25, 0.3) is 0 Å². The van der Waals surface area contributed by atoms with Crippen LogP contribution >= 0.6 is 0 Å². The van der Waals surface area contributed by atoms with Gasteiger partial charge in [-0.2, -0.15) is 0 Å². The van der Waals surface area contributed by atoms with E-state index < -0.39 is 10.0 Å². The Balaban J connectivity index is 1.57. The van der Waals surface area contributed by atoms with Crippen molar-refractivity contribution in [2.45, 2.75) is 62.7 Å². The summed E-state index contributed by atoms with van der Waals surface area (Å²) in [5, 5.41) is 3.49. The van der Waals surface area contributed by atoms with Crippen molar-refractivity contribution in [1.29, 1.82) is 0 Å². The minimum atomic E-state index is -3.00. The third-order valence-corrected chi connectivity index (χ3v) is 7.65. The molecule has 4 nitrogen and oxygen atoms in total. The van der Waals surface area contributed by atoms with Crippen molar-refractivity contribution in [1.82, 2.24) is 9.62 Å². The first-order valence-corrected chi connectivity index (χ1v) is 9.40. The predicted molar refractivity (Wildman–Crippen MR) is 76.5 cm³/mol. The Hall–Kier alpha value is -0.130. The summed E-state index contributed by atoms with van der Waals surface area (Å²) < 4.78 is 26.8. The second-order valence-corrected chi connectivity index (χ2v) is 8.60. The zero-order chi connectivity index (χ0) is 13.3. The van der Waals surface area contributed by atoms with Gasteiger partial charge in [0.1, 0.15) is 0 Å². The van der Waals surface area contributed by atoms with E-state index in [1.807, 2.05) is 0 Å². The lowest BCUT2D eigenvalue weighted by atomic mass is 9.89. The molecular weight excluding hydrogens is 260 g/mol. The predicted octanol–water partition coefficient (Wildman–Crippen LogP) is 1.72. The minimum Gasteiger partial charge on any atom is -0.314 e. The Morgan fingerprint density at radius 2 is 1.58 bits per heavy atom. The molecule has 3 fully saturated rings. The van der Waals surface area contributed by atoms with E-state index in [-0.39, 0.29) is 5.25 Å². The fourth-order valence-electron chi connectivity index (χ4n) is 4.04. The topological polar surface area (TPSA) is 49.4 Å². The molecule has 0 radical (unpaired) electrons. The van der Waals surface area contributed by atoms with Crippen LogP contribution < -0.4 is 5.32 Å². The zero-order valence-corrected chi connectivity index (χ0v) is 12.5. The van der Waals surface area contributed by atoms with Crippen LogP contribution in [0.1, 0.15) is 51.4 Å². The molecule has 110 valence electrons. The molecule has 0 aromatic rings. The van der Waals surface area contributed by atoms with Gasteiger partial charge in [-0.1, -0.05) is 12.8 Å². The maximum Gasteiger partial charge on any atom is 0.216 e. The number of sulfonamides is 1. The molecule has 2 heterocycles. The lowest BCUT2D eigenvalue weighted by Crippen LogP contribution is -2.45. The first-order chi connectivity index (χ1) is 9.18. The maximum absolute atomic E-state index is 12.5. The quantitative estimate of drug-likeness (QED) is 0.859. The third-order valence-electron chi connectivity index (χ3n) is 5.25. The minimum absolute atomic E-state index is 0.0753. The molecule has 2 saturated heterocycles. The fourth-order valence-corrected chi connectivity index (χ4v) is 6.11.